The zero-order valence-corrected chi connectivity index (χ0v) is 21.1. The number of ether oxygens (including phenoxy) is 2. The summed E-state index contributed by atoms with van der Waals surface area (Å²) in [5, 5.41) is 3.46. The summed E-state index contributed by atoms with van der Waals surface area (Å²) in [7, 11) is 1.71. The third-order valence-corrected chi connectivity index (χ3v) is 5.40. The lowest BCUT2D eigenvalue weighted by Crippen LogP contribution is -2.40. The number of aliphatic imine (C=N–C) groups is 1. The maximum Gasteiger partial charge on any atom is 0.193 e. The number of guanidine groups is 1. The Balaban J connectivity index is 0.00000341. The lowest BCUT2D eigenvalue weighted by atomic mass is 10.1. The monoisotopic (exact) mass is 537 g/mol. The van der Waals surface area contributed by atoms with Gasteiger partial charge in [0, 0.05) is 32.1 Å². The molecule has 5 nitrogen and oxygen atoms in total. The van der Waals surface area contributed by atoms with Crippen LogP contribution in [0.4, 0.5) is 0 Å². The minimum atomic E-state index is 0. The van der Waals surface area contributed by atoms with E-state index < -0.39 is 0 Å². The first kappa shape index (κ1) is 25.5. The van der Waals surface area contributed by atoms with Crippen LogP contribution < -0.4 is 10.1 Å². The number of aryl methyl sites for hydroxylation is 1. The highest BCUT2D eigenvalue weighted by molar-refractivity contribution is 14.0. The largest absolute Gasteiger partial charge is 0.497 e. The molecule has 1 N–H and O–H groups in total. The molecule has 1 fully saturated rings. The lowest BCUT2D eigenvalue weighted by Gasteiger charge is -2.21. The van der Waals surface area contributed by atoms with Gasteiger partial charge in [0.15, 0.2) is 5.96 Å². The molecule has 0 radical (unpaired) electrons. The summed E-state index contributed by atoms with van der Waals surface area (Å²) in [5.74, 6) is 2.52. The van der Waals surface area contributed by atoms with Crippen molar-refractivity contribution in [1.29, 1.82) is 0 Å². The Labute approximate surface area is 204 Å². The molecule has 0 aliphatic carbocycles. The average molecular weight is 537 g/mol. The van der Waals surface area contributed by atoms with E-state index in [1.807, 2.05) is 18.2 Å². The van der Waals surface area contributed by atoms with Gasteiger partial charge in [-0.1, -0.05) is 42.5 Å². The second-order valence-electron chi connectivity index (χ2n) is 7.79. The van der Waals surface area contributed by atoms with Gasteiger partial charge < -0.3 is 19.7 Å². The molecule has 1 unspecified atom stereocenters. The standard InChI is InChI=1S/C25H35N3O2.HI/c1-3-26-25(27-15-8-12-21-11-7-13-24(17-21)29-2)28-16-14-23(18-28)20-30-19-22-9-5-4-6-10-22;/h4-7,9-11,13,17,23H,3,8,12,14-16,18-20H2,1-2H3,(H,26,27);1H. The number of nitrogens with zero attached hydrogens (tertiary/aromatic N) is 2. The molecule has 1 aliphatic heterocycles. The minimum Gasteiger partial charge on any atom is -0.497 e. The van der Waals surface area contributed by atoms with Crippen LogP contribution in [0.15, 0.2) is 59.6 Å². The summed E-state index contributed by atoms with van der Waals surface area (Å²) in [5.41, 5.74) is 2.53. The first-order valence-corrected chi connectivity index (χ1v) is 11.1. The van der Waals surface area contributed by atoms with Crippen LogP contribution in [0.1, 0.15) is 30.9 Å². The van der Waals surface area contributed by atoms with Gasteiger partial charge in [0.2, 0.25) is 0 Å². The van der Waals surface area contributed by atoms with Crippen molar-refractivity contribution in [3.05, 3.63) is 65.7 Å². The van der Waals surface area contributed by atoms with Crippen molar-refractivity contribution in [1.82, 2.24) is 10.2 Å². The van der Waals surface area contributed by atoms with Gasteiger partial charge in [-0.2, -0.15) is 0 Å². The minimum absolute atomic E-state index is 0. The van der Waals surface area contributed by atoms with Crippen LogP contribution >= 0.6 is 24.0 Å². The number of likely N-dealkylation sites (tertiary alicyclic amines) is 1. The van der Waals surface area contributed by atoms with E-state index in [4.69, 9.17) is 14.5 Å². The van der Waals surface area contributed by atoms with Crippen LogP contribution in [-0.2, 0) is 17.8 Å². The van der Waals surface area contributed by atoms with Gasteiger partial charge in [-0.3, -0.25) is 4.99 Å². The fourth-order valence-corrected chi connectivity index (χ4v) is 3.80. The van der Waals surface area contributed by atoms with Gasteiger partial charge in [-0.15, -0.1) is 24.0 Å². The molecule has 2 aromatic carbocycles. The van der Waals surface area contributed by atoms with E-state index >= 15 is 0 Å². The maximum atomic E-state index is 5.96. The molecule has 6 heteroatoms. The molecule has 2 aromatic rings. The highest BCUT2D eigenvalue weighted by Gasteiger charge is 2.24. The zero-order chi connectivity index (χ0) is 21.0. The second kappa shape index (κ2) is 14.3. The quantitative estimate of drug-likeness (QED) is 0.206. The molecule has 0 bridgehead atoms. The SMILES string of the molecule is CCNC(=NCCCc1cccc(OC)c1)N1CCC(COCc2ccccc2)C1.I. The van der Waals surface area contributed by atoms with E-state index in [-0.39, 0.29) is 24.0 Å². The molecule has 0 spiro atoms. The number of rotatable bonds is 10. The average Bonchev–Trinajstić information content (AvgIpc) is 3.25. The smallest absolute Gasteiger partial charge is 0.193 e. The van der Waals surface area contributed by atoms with Gasteiger partial charge in [0.25, 0.3) is 0 Å². The van der Waals surface area contributed by atoms with Crippen molar-refractivity contribution in [2.24, 2.45) is 10.9 Å². The van der Waals surface area contributed by atoms with Crippen LogP contribution in [0.5, 0.6) is 5.75 Å². The molecule has 1 atom stereocenters. The Morgan fingerprint density at radius 2 is 1.94 bits per heavy atom. The van der Waals surface area contributed by atoms with Gasteiger partial charge in [-0.05, 0) is 49.4 Å². The third-order valence-electron chi connectivity index (χ3n) is 5.40. The van der Waals surface area contributed by atoms with Gasteiger partial charge in [-0.25, -0.2) is 0 Å². The summed E-state index contributed by atoms with van der Waals surface area (Å²) in [6.45, 7) is 7.39. The fraction of sp³-hybridized carbons (Fsp3) is 0.480. The van der Waals surface area contributed by atoms with Gasteiger partial charge >= 0.3 is 0 Å². The molecule has 170 valence electrons. The van der Waals surface area contributed by atoms with Crippen molar-refractivity contribution in [2.45, 2.75) is 32.8 Å². The first-order chi connectivity index (χ1) is 14.8. The van der Waals surface area contributed by atoms with Crippen molar-refractivity contribution >= 4 is 29.9 Å². The van der Waals surface area contributed by atoms with Crippen molar-refractivity contribution in [2.75, 3.05) is 39.9 Å². The number of halogens is 1. The summed E-state index contributed by atoms with van der Waals surface area (Å²) in [6, 6.07) is 18.7. The Hall–Kier alpha value is -1.80. The predicted octanol–water partition coefficient (Wildman–Crippen LogP) is 4.75. The molecule has 1 heterocycles. The number of nitrogens with one attached hydrogen (secondary N) is 1. The molecule has 31 heavy (non-hydrogen) atoms. The van der Waals surface area contributed by atoms with E-state index in [9.17, 15) is 0 Å². The van der Waals surface area contributed by atoms with Crippen LogP contribution in [0.3, 0.4) is 0 Å². The van der Waals surface area contributed by atoms with Crippen molar-refractivity contribution in [3.8, 4) is 5.75 Å². The maximum absolute atomic E-state index is 5.96. The Morgan fingerprint density at radius 1 is 1.13 bits per heavy atom. The highest BCUT2D eigenvalue weighted by Crippen LogP contribution is 2.18. The number of hydrogen-bond acceptors (Lipinski definition) is 3. The third kappa shape index (κ3) is 8.69. The van der Waals surface area contributed by atoms with Gasteiger partial charge in [0.1, 0.15) is 5.75 Å². The summed E-state index contributed by atoms with van der Waals surface area (Å²) >= 11 is 0. The normalized spacial score (nSPS) is 16.1. The second-order valence-corrected chi connectivity index (χ2v) is 7.79. The first-order valence-electron chi connectivity index (χ1n) is 11.1. The van der Waals surface area contributed by atoms with Crippen LogP contribution in [-0.4, -0.2) is 50.8 Å². The number of benzene rings is 2. The van der Waals surface area contributed by atoms with Crippen LogP contribution in [0.2, 0.25) is 0 Å². The fourth-order valence-electron chi connectivity index (χ4n) is 3.80. The van der Waals surface area contributed by atoms with Crippen molar-refractivity contribution < 1.29 is 9.47 Å². The Morgan fingerprint density at radius 3 is 2.71 bits per heavy atom. The number of methoxy groups -OCH3 is 1. The summed E-state index contributed by atoms with van der Waals surface area (Å²) in [6.07, 6.45) is 3.19. The van der Waals surface area contributed by atoms with Crippen LogP contribution in [0.25, 0.3) is 0 Å². The molecule has 3 rings (SSSR count). The molecule has 1 saturated heterocycles. The molecule has 0 amide bonds. The Bertz CT molecular complexity index is 785. The summed E-state index contributed by atoms with van der Waals surface area (Å²) in [4.78, 5) is 7.26. The van der Waals surface area contributed by atoms with Gasteiger partial charge in [0.05, 0.1) is 20.3 Å². The molecule has 1 aliphatic rings. The molecule has 0 aromatic heterocycles. The topological polar surface area (TPSA) is 46.1 Å². The van der Waals surface area contributed by atoms with E-state index in [0.29, 0.717) is 12.5 Å². The Kier molecular flexibility index (Phi) is 11.7. The number of hydrogen-bond donors (Lipinski definition) is 1. The summed E-state index contributed by atoms with van der Waals surface area (Å²) < 4.78 is 11.3. The van der Waals surface area contributed by atoms with E-state index in [2.05, 4.69) is 53.5 Å². The lowest BCUT2D eigenvalue weighted by molar-refractivity contribution is 0.0907. The van der Waals surface area contributed by atoms with E-state index in [1.165, 1.54) is 11.1 Å². The van der Waals surface area contributed by atoms with Crippen molar-refractivity contribution in [3.63, 3.8) is 0 Å². The predicted molar refractivity (Wildman–Crippen MR) is 138 cm³/mol. The zero-order valence-electron chi connectivity index (χ0n) is 18.8. The molecular formula is C25H36IN3O2. The molecular weight excluding hydrogens is 501 g/mol. The highest BCUT2D eigenvalue weighted by atomic mass is 127. The molecule has 0 saturated carbocycles. The van der Waals surface area contributed by atoms with Crippen LogP contribution in [0, 0.1) is 5.92 Å². The van der Waals surface area contributed by atoms with E-state index in [0.717, 1.165) is 63.8 Å². The van der Waals surface area contributed by atoms with E-state index in [1.54, 1.807) is 7.11 Å².